The average molecular weight is 512 g/mol. The van der Waals surface area contributed by atoms with E-state index in [0.29, 0.717) is 23.2 Å². The minimum atomic E-state index is -0.371. The third-order valence-corrected chi connectivity index (χ3v) is 7.21. The van der Waals surface area contributed by atoms with Crippen LogP contribution in [0.1, 0.15) is 34.8 Å². The summed E-state index contributed by atoms with van der Waals surface area (Å²) in [6.45, 7) is 9.15. The van der Waals surface area contributed by atoms with Crippen molar-refractivity contribution in [2.24, 2.45) is 0 Å². The smallest absolute Gasteiger partial charge is 0.258 e. The lowest BCUT2D eigenvalue weighted by Gasteiger charge is -2.40. The molecule has 1 aliphatic rings. The van der Waals surface area contributed by atoms with Gasteiger partial charge in [-0.25, -0.2) is 8.78 Å². The summed E-state index contributed by atoms with van der Waals surface area (Å²) in [6.07, 6.45) is 0.792. The standard InChI is InChI=1S/C29H32ClF2N3O/c1-21-4-13-27(18-28(21)30)35(29(36)24-7-11-26(32)12-8-24)15-3-14-34-17-16-33(19-22(34)2)20-23-5-9-25(31)10-6-23/h4-13,18,22H,3,14-17,19-20H2,1-2H3. The van der Waals surface area contributed by atoms with E-state index in [2.05, 4.69) is 16.7 Å². The highest BCUT2D eigenvalue weighted by Gasteiger charge is 2.24. The van der Waals surface area contributed by atoms with Crippen molar-refractivity contribution in [3.8, 4) is 0 Å². The molecule has 1 atom stereocenters. The largest absolute Gasteiger partial charge is 0.308 e. The van der Waals surface area contributed by atoms with Crippen LogP contribution in [0.5, 0.6) is 0 Å². The van der Waals surface area contributed by atoms with Gasteiger partial charge in [0.25, 0.3) is 5.91 Å². The lowest BCUT2D eigenvalue weighted by atomic mass is 10.1. The zero-order valence-electron chi connectivity index (χ0n) is 20.8. The van der Waals surface area contributed by atoms with Gasteiger partial charge in [0, 0.05) is 61.6 Å². The number of amides is 1. The highest BCUT2D eigenvalue weighted by atomic mass is 35.5. The molecule has 1 heterocycles. The molecular weight excluding hydrogens is 480 g/mol. The van der Waals surface area contributed by atoms with Crippen LogP contribution in [0, 0.1) is 18.6 Å². The lowest BCUT2D eigenvalue weighted by Crippen LogP contribution is -2.52. The first kappa shape index (κ1) is 26.3. The molecule has 3 aromatic carbocycles. The molecule has 4 nitrogen and oxygen atoms in total. The topological polar surface area (TPSA) is 26.8 Å². The fourth-order valence-electron chi connectivity index (χ4n) is 4.67. The quantitative estimate of drug-likeness (QED) is 0.362. The second-order valence-electron chi connectivity index (χ2n) is 9.50. The molecule has 0 spiro atoms. The summed E-state index contributed by atoms with van der Waals surface area (Å²) >= 11 is 6.36. The van der Waals surface area contributed by atoms with Crippen LogP contribution in [-0.2, 0) is 6.54 Å². The van der Waals surface area contributed by atoms with Gasteiger partial charge in [0.15, 0.2) is 0 Å². The predicted molar refractivity (Wildman–Crippen MR) is 142 cm³/mol. The fourth-order valence-corrected chi connectivity index (χ4v) is 4.85. The van der Waals surface area contributed by atoms with Crippen molar-refractivity contribution in [2.45, 2.75) is 32.9 Å². The Balaban J connectivity index is 1.37. The second-order valence-corrected chi connectivity index (χ2v) is 9.90. The molecule has 0 bridgehead atoms. The van der Waals surface area contributed by atoms with E-state index < -0.39 is 0 Å². The van der Waals surface area contributed by atoms with Crippen molar-refractivity contribution in [3.05, 3.63) is 100 Å². The third kappa shape index (κ3) is 6.69. The molecule has 1 fully saturated rings. The molecule has 0 N–H and O–H groups in total. The van der Waals surface area contributed by atoms with Crippen molar-refractivity contribution in [3.63, 3.8) is 0 Å². The summed E-state index contributed by atoms with van der Waals surface area (Å²) in [5.41, 5.74) is 3.23. The fraction of sp³-hybridized carbons (Fsp3) is 0.345. The molecule has 1 unspecified atom stereocenters. The molecule has 4 rings (SSSR count). The van der Waals surface area contributed by atoms with Gasteiger partial charge in [0.2, 0.25) is 0 Å². The monoisotopic (exact) mass is 511 g/mol. The Morgan fingerprint density at radius 2 is 1.67 bits per heavy atom. The van der Waals surface area contributed by atoms with Gasteiger partial charge in [-0.2, -0.15) is 0 Å². The van der Waals surface area contributed by atoms with Crippen LogP contribution in [0.3, 0.4) is 0 Å². The second kappa shape index (κ2) is 12.0. The molecule has 3 aromatic rings. The van der Waals surface area contributed by atoms with E-state index in [-0.39, 0.29) is 17.5 Å². The van der Waals surface area contributed by atoms with Crippen LogP contribution < -0.4 is 4.90 Å². The summed E-state index contributed by atoms with van der Waals surface area (Å²) in [5.74, 6) is -0.757. The van der Waals surface area contributed by atoms with E-state index in [1.165, 1.54) is 36.4 Å². The van der Waals surface area contributed by atoms with Crippen LogP contribution in [0.25, 0.3) is 0 Å². The molecule has 190 valence electrons. The zero-order valence-corrected chi connectivity index (χ0v) is 21.5. The molecule has 36 heavy (non-hydrogen) atoms. The number of nitrogens with zero attached hydrogens (tertiary/aromatic N) is 3. The molecular formula is C29H32ClF2N3O. The molecule has 0 aromatic heterocycles. The molecule has 0 saturated carbocycles. The summed E-state index contributed by atoms with van der Waals surface area (Å²) in [6, 6.07) is 18.3. The van der Waals surface area contributed by atoms with Crippen molar-refractivity contribution < 1.29 is 13.6 Å². The van der Waals surface area contributed by atoms with Gasteiger partial charge in [0.1, 0.15) is 11.6 Å². The zero-order chi connectivity index (χ0) is 25.7. The molecule has 1 aliphatic heterocycles. The van der Waals surface area contributed by atoms with Gasteiger partial charge in [-0.1, -0.05) is 29.8 Å². The molecule has 0 aliphatic carbocycles. The first-order valence-corrected chi connectivity index (χ1v) is 12.7. The summed E-state index contributed by atoms with van der Waals surface area (Å²) in [5, 5.41) is 0.607. The highest BCUT2D eigenvalue weighted by Crippen LogP contribution is 2.25. The highest BCUT2D eigenvalue weighted by molar-refractivity contribution is 6.31. The predicted octanol–water partition coefficient (Wildman–Crippen LogP) is 6.17. The number of hydrogen-bond acceptors (Lipinski definition) is 3. The van der Waals surface area contributed by atoms with Crippen LogP contribution in [0.15, 0.2) is 66.7 Å². The SMILES string of the molecule is Cc1ccc(N(CCCN2CCN(Cc3ccc(F)cc3)CC2C)C(=O)c2ccc(F)cc2)cc1Cl. The Bertz CT molecular complexity index is 1170. The molecule has 1 saturated heterocycles. The van der Waals surface area contributed by atoms with Crippen molar-refractivity contribution in [1.82, 2.24) is 9.80 Å². The average Bonchev–Trinajstić information content (AvgIpc) is 2.86. The minimum absolute atomic E-state index is 0.174. The van der Waals surface area contributed by atoms with E-state index in [0.717, 1.165) is 56.0 Å². The number of piperazine rings is 1. The molecule has 0 radical (unpaired) electrons. The number of carbonyl (C=O) groups excluding carboxylic acids is 1. The Morgan fingerprint density at radius 1 is 1.00 bits per heavy atom. The van der Waals surface area contributed by atoms with E-state index in [1.54, 1.807) is 4.90 Å². The first-order valence-electron chi connectivity index (χ1n) is 12.3. The van der Waals surface area contributed by atoms with Crippen LogP contribution in [-0.4, -0.2) is 54.5 Å². The van der Waals surface area contributed by atoms with Gasteiger partial charge < -0.3 is 4.90 Å². The van der Waals surface area contributed by atoms with Gasteiger partial charge in [-0.3, -0.25) is 14.6 Å². The lowest BCUT2D eigenvalue weighted by molar-refractivity contribution is 0.0781. The number of halogens is 3. The van der Waals surface area contributed by atoms with Crippen molar-refractivity contribution in [1.29, 1.82) is 0 Å². The number of anilines is 1. The van der Waals surface area contributed by atoms with Gasteiger partial charge in [-0.15, -0.1) is 0 Å². The van der Waals surface area contributed by atoms with E-state index in [4.69, 9.17) is 11.6 Å². The number of hydrogen-bond donors (Lipinski definition) is 0. The molecule has 7 heteroatoms. The Morgan fingerprint density at radius 3 is 2.31 bits per heavy atom. The van der Waals surface area contributed by atoms with E-state index in [1.807, 2.05) is 37.3 Å². The number of aryl methyl sites for hydroxylation is 1. The van der Waals surface area contributed by atoms with Crippen molar-refractivity contribution in [2.75, 3.05) is 37.6 Å². The first-order chi connectivity index (χ1) is 17.3. The van der Waals surface area contributed by atoms with Crippen LogP contribution in [0.2, 0.25) is 5.02 Å². The maximum absolute atomic E-state index is 13.4. The van der Waals surface area contributed by atoms with Crippen LogP contribution >= 0.6 is 11.6 Å². The molecule has 1 amide bonds. The number of benzene rings is 3. The van der Waals surface area contributed by atoms with Gasteiger partial charge in [0.05, 0.1) is 0 Å². The Kier molecular flexibility index (Phi) is 8.72. The number of carbonyl (C=O) groups is 1. The van der Waals surface area contributed by atoms with Crippen molar-refractivity contribution >= 4 is 23.2 Å². The maximum Gasteiger partial charge on any atom is 0.258 e. The normalized spacial score (nSPS) is 16.8. The van der Waals surface area contributed by atoms with Crippen LogP contribution in [0.4, 0.5) is 14.5 Å². The van der Waals surface area contributed by atoms with E-state index in [9.17, 15) is 13.6 Å². The third-order valence-electron chi connectivity index (χ3n) is 6.80. The number of rotatable bonds is 8. The van der Waals surface area contributed by atoms with E-state index >= 15 is 0 Å². The summed E-state index contributed by atoms with van der Waals surface area (Å²) < 4.78 is 26.6. The Hall–Kier alpha value is -2.80. The van der Waals surface area contributed by atoms with Gasteiger partial charge in [-0.05, 0) is 79.9 Å². The minimum Gasteiger partial charge on any atom is -0.308 e. The van der Waals surface area contributed by atoms with Gasteiger partial charge >= 0.3 is 0 Å². The maximum atomic E-state index is 13.4. The Labute approximate surface area is 217 Å². The summed E-state index contributed by atoms with van der Waals surface area (Å²) in [7, 11) is 0. The summed E-state index contributed by atoms with van der Waals surface area (Å²) in [4.78, 5) is 19.9.